The van der Waals surface area contributed by atoms with Crippen molar-refractivity contribution in [3.63, 3.8) is 0 Å². The fraction of sp³-hybridized carbons (Fsp3) is 0.464. The summed E-state index contributed by atoms with van der Waals surface area (Å²) >= 11 is 0. The van der Waals surface area contributed by atoms with Crippen molar-refractivity contribution in [1.29, 1.82) is 0 Å². The molecule has 0 spiro atoms. The standard InChI is InChI=1S/C28H33N7O4/c36-25-8-7-23(26(37)31-25)35-27(38)21-6-5-19(16-22(21)28(35)39)29-10-3-11-32-17-20(18-32)33-12-14-34(15-13-33)24-4-1-2-9-30-24/h1-2,4-6,9,16,20,23,29H,3,7-8,10-15,17-18H2,(H,31,36,37). The van der Waals surface area contributed by atoms with E-state index in [9.17, 15) is 19.2 Å². The van der Waals surface area contributed by atoms with Crippen LogP contribution in [0.5, 0.6) is 0 Å². The van der Waals surface area contributed by atoms with Crippen molar-refractivity contribution in [2.75, 3.05) is 62.6 Å². The second-order valence-electron chi connectivity index (χ2n) is 10.6. The van der Waals surface area contributed by atoms with Gasteiger partial charge in [0.2, 0.25) is 11.8 Å². The average Bonchev–Trinajstić information content (AvgIpc) is 3.17. The highest BCUT2D eigenvalue weighted by molar-refractivity contribution is 6.23. The van der Waals surface area contributed by atoms with Crippen molar-refractivity contribution >= 4 is 35.1 Å². The molecule has 4 amide bonds. The minimum absolute atomic E-state index is 0.108. The lowest BCUT2D eigenvalue weighted by Crippen LogP contribution is -2.63. The zero-order valence-electron chi connectivity index (χ0n) is 21.8. The predicted octanol–water partition coefficient (Wildman–Crippen LogP) is 0.791. The number of piperidine rings is 1. The Hall–Kier alpha value is -3.83. The van der Waals surface area contributed by atoms with E-state index in [1.807, 2.05) is 18.3 Å². The van der Waals surface area contributed by atoms with Crippen molar-refractivity contribution in [3.8, 4) is 0 Å². The smallest absolute Gasteiger partial charge is 0.262 e. The molecule has 0 bridgehead atoms. The van der Waals surface area contributed by atoms with Crippen molar-refractivity contribution in [3.05, 3.63) is 53.7 Å². The molecule has 0 radical (unpaired) electrons. The Morgan fingerprint density at radius 2 is 1.74 bits per heavy atom. The fourth-order valence-corrected chi connectivity index (χ4v) is 5.93. The summed E-state index contributed by atoms with van der Waals surface area (Å²) in [4.78, 5) is 62.4. The molecule has 39 heavy (non-hydrogen) atoms. The van der Waals surface area contributed by atoms with E-state index in [1.54, 1.807) is 18.2 Å². The number of nitrogens with one attached hydrogen (secondary N) is 2. The minimum Gasteiger partial charge on any atom is -0.385 e. The summed E-state index contributed by atoms with van der Waals surface area (Å²) < 4.78 is 0. The van der Waals surface area contributed by atoms with E-state index >= 15 is 0 Å². The van der Waals surface area contributed by atoms with E-state index in [4.69, 9.17) is 0 Å². The maximum atomic E-state index is 13.0. The summed E-state index contributed by atoms with van der Waals surface area (Å²) in [6, 6.07) is 10.9. The lowest BCUT2D eigenvalue weighted by molar-refractivity contribution is -0.136. The maximum absolute atomic E-state index is 13.0. The Kier molecular flexibility index (Phi) is 7.01. The SMILES string of the molecule is O=C1CCC(N2C(=O)c3ccc(NCCCN4CC(N5CCN(c6ccccn6)CC5)C4)cc3C2=O)C(=O)N1. The molecule has 5 heterocycles. The summed E-state index contributed by atoms with van der Waals surface area (Å²) in [5.74, 6) is -0.889. The molecule has 0 saturated carbocycles. The van der Waals surface area contributed by atoms with Gasteiger partial charge in [0.1, 0.15) is 11.9 Å². The fourth-order valence-electron chi connectivity index (χ4n) is 5.93. The molecule has 3 saturated heterocycles. The predicted molar refractivity (Wildman–Crippen MR) is 144 cm³/mol. The average molecular weight is 532 g/mol. The number of aromatic nitrogens is 1. The van der Waals surface area contributed by atoms with Crippen LogP contribution in [0.1, 0.15) is 40.0 Å². The van der Waals surface area contributed by atoms with Crippen LogP contribution in [0.2, 0.25) is 0 Å². The Morgan fingerprint density at radius 1 is 0.949 bits per heavy atom. The second kappa shape index (κ2) is 10.7. The quantitative estimate of drug-likeness (QED) is 0.377. The second-order valence-corrected chi connectivity index (χ2v) is 10.6. The van der Waals surface area contributed by atoms with Crippen LogP contribution in [0.4, 0.5) is 11.5 Å². The number of amides is 4. The number of nitrogens with zero attached hydrogens (tertiary/aromatic N) is 5. The molecule has 1 aromatic carbocycles. The molecular formula is C28H33N7O4. The van der Waals surface area contributed by atoms with Gasteiger partial charge in [0, 0.05) is 70.2 Å². The third-order valence-electron chi connectivity index (χ3n) is 8.16. The topological polar surface area (TPSA) is 118 Å². The van der Waals surface area contributed by atoms with Crippen LogP contribution < -0.4 is 15.5 Å². The van der Waals surface area contributed by atoms with Crippen molar-refractivity contribution < 1.29 is 19.2 Å². The van der Waals surface area contributed by atoms with Crippen LogP contribution >= 0.6 is 0 Å². The normalized spacial score (nSPS) is 22.6. The highest BCUT2D eigenvalue weighted by Gasteiger charge is 2.44. The first-order valence-corrected chi connectivity index (χ1v) is 13.7. The van der Waals surface area contributed by atoms with E-state index in [1.165, 1.54) is 0 Å². The molecule has 4 aliphatic rings. The van der Waals surface area contributed by atoms with Crippen molar-refractivity contribution in [2.45, 2.75) is 31.3 Å². The summed E-state index contributed by atoms with van der Waals surface area (Å²) in [5, 5.41) is 5.58. The van der Waals surface area contributed by atoms with Crippen LogP contribution in [-0.4, -0.2) is 108 Å². The first-order chi connectivity index (χ1) is 19.0. The van der Waals surface area contributed by atoms with E-state index < -0.39 is 23.8 Å². The Labute approximate surface area is 227 Å². The van der Waals surface area contributed by atoms with Gasteiger partial charge in [-0.25, -0.2) is 4.98 Å². The molecule has 0 aliphatic carbocycles. The number of piperazine rings is 1. The molecule has 6 rings (SSSR count). The van der Waals surface area contributed by atoms with Gasteiger partial charge >= 0.3 is 0 Å². The number of carbonyl (C=O) groups is 4. The number of benzene rings is 1. The third kappa shape index (κ3) is 5.11. The highest BCUT2D eigenvalue weighted by atomic mass is 16.2. The number of carbonyl (C=O) groups excluding carboxylic acids is 4. The summed E-state index contributed by atoms with van der Waals surface area (Å²) in [6.45, 7) is 8.10. The van der Waals surface area contributed by atoms with Gasteiger partial charge < -0.3 is 15.1 Å². The number of imide groups is 2. The lowest BCUT2D eigenvalue weighted by atomic mass is 10.0. The number of pyridine rings is 1. The van der Waals surface area contributed by atoms with Gasteiger partial charge in [0.25, 0.3) is 11.8 Å². The Bertz CT molecular complexity index is 1270. The molecule has 1 unspecified atom stereocenters. The van der Waals surface area contributed by atoms with Crippen LogP contribution in [0.25, 0.3) is 0 Å². The van der Waals surface area contributed by atoms with Gasteiger partial charge in [-0.05, 0) is 49.7 Å². The number of likely N-dealkylation sites (tertiary alicyclic amines) is 1. The summed E-state index contributed by atoms with van der Waals surface area (Å²) in [5.41, 5.74) is 1.36. The maximum Gasteiger partial charge on any atom is 0.262 e. The first kappa shape index (κ1) is 25.4. The number of anilines is 2. The highest BCUT2D eigenvalue weighted by Crippen LogP contribution is 2.29. The largest absolute Gasteiger partial charge is 0.385 e. The third-order valence-corrected chi connectivity index (χ3v) is 8.16. The molecule has 1 aromatic heterocycles. The van der Waals surface area contributed by atoms with Gasteiger partial charge in [0.15, 0.2) is 0 Å². The molecule has 3 fully saturated rings. The molecule has 2 N–H and O–H groups in total. The van der Waals surface area contributed by atoms with Crippen LogP contribution in [0.3, 0.4) is 0 Å². The van der Waals surface area contributed by atoms with Gasteiger partial charge in [0.05, 0.1) is 11.1 Å². The van der Waals surface area contributed by atoms with Gasteiger partial charge in [-0.1, -0.05) is 6.07 Å². The number of fused-ring (bicyclic) bond motifs is 1. The Balaban J connectivity index is 0.928. The van der Waals surface area contributed by atoms with Crippen LogP contribution in [0.15, 0.2) is 42.6 Å². The summed E-state index contributed by atoms with van der Waals surface area (Å²) in [7, 11) is 0. The Morgan fingerprint density at radius 3 is 2.49 bits per heavy atom. The molecule has 2 aromatic rings. The monoisotopic (exact) mass is 531 g/mol. The van der Waals surface area contributed by atoms with Gasteiger partial charge in [-0.15, -0.1) is 0 Å². The van der Waals surface area contributed by atoms with Crippen LogP contribution in [0, 0.1) is 0 Å². The van der Waals surface area contributed by atoms with E-state index in [0.717, 1.165) is 75.2 Å². The van der Waals surface area contributed by atoms with Gasteiger partial charge in [-0.3, -0.25) is 34.3 Å². The number of hydrogen-bond donors (Lipinski definition) is 2. The minimum atomic E-state index is -0.948. The molecule has 204 valence electrons. The van der Waals surface area contributed by atoms with E-state index in [2.05, 4.69) is 36.4 Å². The van der Waals surface area contributed by atoms with Crippen molar-refractivity contribution in [1.82, 2.24) is 25.0 Å². The number of rotatable bonds is 8. The van der Waals surface area contributed by atoms with Gasteiger partial charge in [-0.2, -0.15) is 0 Å². The molecule has 4 aliphatic heterocycles. The molecule has 11 heteroatoms. The van der Waals surface area contributed by atoms with E-state index in [-0.39, 0.29) is 18.7 Å². The van der Waals surface area contributed by atoms with Crippen molar-refractivity contribution in [2.24, 2.45) is 0 Å². The zero-order chi connectivity index (χ0) is 26.9. The number of hydrogen-bond acceptors (Lipinski definition) is 9. The lowest BCUT2D eigenvalue weighted by Gasteiger charge is -2.48. The molecule has 1 atom stereocenters. The molecular weight excluding hydrogens is 498 g/mol. The molecule has 11 nitrogen and oxygen atoms in total. The first-order valence-electron chi connectivity index (χ1n) is 13.7. The zero-order valence-corrected chi connectivity index (χ0v) is 21.8. The van der Waals surface area contributed by atoms with E-state index in [0.29, 0.717) is 17.2 Å². The summed E-state index contributed by atoms with van der Waals surface area (Å²) in [6.07, 6.45) is 3.08. The van der Waals surface area contributed by atoms with Crippen LogP contribution in [-0.2, 0) is 9.59 Å².